The summed E-state index contributed by atoms with van der Waals surface area (Å²) in [7, 11) is 0. The number of carbonyl (C=O) groups excluding carboxylic acids is 1. The van der Waals surface area contributed by atoms with Crippen molar-refractivity contribution in [1.82, 2.24) is 10.2 Å². The average Bonchev–Trinajstić information content (AvgIpc) is 3.26. The van der Waals surface area contributed by atoms with Crippen molar-refractivity contribution in [1.29, 1.82) is 0 Å². The highest BCUT2D eigenvalue weighted by Crippen LogP contribution is 2.59. The molecule has 3 aliphatic rings. The van der Waals surface area contributed by atoms with Gasteiger partial charge in [-0.15, -0.1) is 0 Å². The van der Waals surface area contributed by atoms with Crippen LogP contribution in [0, 0.1) is 11.3 Å². The monoisotopic (exact) mass is 284 g/mol. The van der Waals surface area contributed by atoms with Crippen molar-refractivity contribution in [2.24, 2.45) is 11.3 Å². The summed E-state index contributed by atoms with van der Waals surface area (Å²) in [6, 6.07) is 8.66. The van der Waals surface area contributed by atoms with Crippen LogP contribution in [-0.4, -0.2) is 37.0 Å². The molecular weight excluding hydrogens is 260 g/mol. The van der Waals surface area contributed by atoms with Gasteiger partial charge in [0, 0.05) is 19.0 Å². The second-order valence-electron chi connectivity index (χ2n) is 6.96. The van der Waals surface area contributed by atoms with Gasteiger partial charge in [0.2, 0.25) is 5.91 Å². The SMILES string of the molecule is O=C(C1CC12CCNCC2)N1CCc2ccccc2CC1. The van der Waals surface area contributed by atoms with Crippen molar-refractivity contribution in [2.75, 3.05) is 26.2 Å². The molecule has 1 aromatic rings. The van der Waals surface area contributed by atoms with Crippen molar-refractivity contribution in [3.8, 4) is 0 Å². The minimum atomic E-state index is 0.320. The summed E-state index contributed by atoms with van der Waals surface area (Å²) in [5, 5.41) is 3.42. The minimum absolute atomic E-state index is 0.320. The zero-order chi connectivity index (χ0) is 14.3. The molecule has 1 saturated heterocycles. The van der Waals surface area contributed by atoms with Gasteiger partial charge in [0.05, 0.1) is 0 Å². The normalized spacial score (nSPS) is 27.0. The molecule has 1 amide bonds. The number of rotatable bonds is 1. The standard InChI is InChI=1S/C18H24N2O/c21-17(16-13-18(16)7-9-19-10-8-18)20-11-5-14-3-1-2-4-15(14)6-12-20/h1-4,16,19H,5-13H2. The number of piperidine rings is 1. The Balaban J connectivity index is 1.43. The van der Waals surface area contributed by atoms with Crippen molar-refractivity contribution < 1.29 is 4.79 Å². The van der Waals surface area contributed by atoms with Gasteiger partial charge in [-0.3, -0.25) is 4.79 Å². The summed E-state index contributed by atoms with van der Waals surface area (Å²) >= 11 is 0. The first-order valence-corrected chi connectivity index (χ1v) is 8.35. The van der Waals surface area contributed by atoms with Gasteiger partial charge < -0.3 is 10.2 Å². The van der Waals surface area contributed by atoms with E-state index in [1.54, 1.807) is 0 Å². The van der Waals surface area contributed by atoms with Crippen LogP contribution in [0.4, 0.5) is 0 Å². The summed E-state index contributed by atoms with van der Waals surface area (Å²) in [4.78, 5) is 15.0. The molecule has 2 aliphatic heterocycles. The summed E-state index contributed by atoms with van der Waals surface area (Å²) < 4.78 is 0. The average molecular weight is 284 g/mol. The highest BCUT2D eigenvalue weighted by Gasteiger charge is 2.58. The van der Waals surface area contributed by atoms with Gasteiger partial charge in [0.25, 0.3) is 0 Å². The van der Waals surface area contributed by atoms with Gasteiger partial charge in [-0.2, -0.15) is 0 Å². The van der Waals surface area contributed by atoms with Crippen LogP contribution in [0.1, 0.15) is 30.4 Å². The third-order valence-corrected chi connectivity index (χ3v) is 5.82. The molecule has 3 heteroatoms. The number of fused-ring (bicyclic) bond motifs is 1. The molecule has 1 spiro atoms. The smallest absolute Gasteiger partial charge is 0.226 e. The van der Waals surface area contributed by atoms with Crippen LogP contribution in [0.5, 0.6) is 0 Å². The van der Waals surface area contributed by atoms with Gasteiger partial charge >= 0.3 is 0 Å². The summed E-state index contributed by atoms with van der Waals surface area (Å²) in [6.07, 6.45) is 5.55. The van der Waals surface area contributed by atoms with Crippen molar-refractivity contribution in [2.45, 2.75) is 32.1 Å². The Morgan fingerprint density at radius 2 is 1.71 bits per heavy atom. The second-order valence-corrected chi connectivity index (χ2v) is 6.96. The van der Waals surface area contributed by atoms with E-state index in [9.17, 15) is 4.79 Å². The van der Waals surface area contributed by atoms with E-state index >= 15 is 0 Å². The first kappa shape index (κ1) is 13.3. The van der Waals surface area contributed by atoms with E-state index in [0.717, 1.165) is 45.4 Å². The number of carbonyl (C=O) groups is 1. The lowest BCUT2D eigenvalue weighted by atomic mass is 9.91. The van der Waals surface area contributed by atoms with Crippen LogP contribution in [0.15, 0.2) is 24.3 Å². The third-order valence-electron chi connectivity index (χ3n) is 5.82. The molecule has 2 fully saturated rings. The largest absolute Gasteiger partial charge is 0.342 e. The summed E-state index contributed by atoms with van der Waals surface area (Å²) in [5.41, 5.74) is 3.22. The third kappa shape index (κ3) is 2.38. The number of amides is 1. The maximum atomic E-state index is 12.8. The molecule has 1 unspecified atom stereocenters. The molecule has 1 atom stereocenters. The van der Waals surface area contributed by atoms with Gasteiger partial charge in [0.1, 0.15) is 0 Å². The molecule has 1 saturated carbocycles. The van der Waals surface area contributed by atoms with Gasteiger partial charge in [0.15, 0.2) is 0 Å². The zero-order valence-corrected chi connectivity index (χ0v) is 12.6. The summed E-state index contributed by atoms with van der Waals surface area (Å²) in [5.74, 6) is 0.755. The molecule has 112 valence electrons. The predicted octanol–water partition coefficient (Wildman–Crippen LogP) is 2.00. The molecule has 1 N–H and O–H groups in total. The fraction of sp³-hybridized carbons (Fsp3) is 0.611. The molecule has 4 rings (SSSR count). The Bertz CT molecular complexity index is 521. The lowest BCUT2D eigenvalue weighted by Gasteiger charge is -2.26. The summed E-state index contributed by atoms with van der Waals surface area (Å²) in [6.45, 7) is 3.99. The van der Waals surface area contributed by atoms with Gasteiger partial charge in [-0.1, -0.05) is 24.3 Å². The zero-order valence-electron chi connectivity index (χ0n) is 12.6. The van der Waals surface area contributed by atoms with E-state index in [-0.39, 0.29) is 0 Å². The lowest BCUT2D eigenvalue weighted by Crippen LogP contribution is -2.37. The molecule has 0 aromatic heterocycles. The van der Waals surface area contributed by atoms with Crippen molar-refractivity contribution >= 4 is 5.91 Å². The minimum Gasteiger partial charge on any atom is -0.342 e. The number of nitrogens with one attached hydrogen (secondary N) is 1. The van der Waals surface area contributed by atoms with Gasteiger partial charge in [-0.05, 0) is 61.7 Å². The van der Waals surface area contributed by atoms with E-state index in [1.165, 1.54) is 24.0 Å². The number of nitrogens with zero attached hydrogens (tertiary/aromatic N) is 1. The molecule has 2 heterocycles. The van der Waals surface area contributed by atoms with Crippen LogP contribution in [-0.2, 0) is 17.6 Å². The van der Waals surface area contributed by atoms with Gasteiger partial charge in [-0.25, -0.2) is 0 Å². The van der Waals surface area contributed by atoms with E-state index in [4.69, 9.17) is 0 Å². The molecule has 3 nitrogen and oxygen atoms in total. The number of hydrogen-bond acceptors (Lipinski definition) is 2. The van der Waals surface area contributed by atoms with Crippen LogP contribution in [0.25, 0.3) is 0 Å². The Morgan fingerprint density at radius 1 is 1.10 bits per heavy atom. The molecular formula is C18H24N2O. The van der Waals surface area contributed by atoms with Crippen LogP contribution >= 0.6 is 0 Å². The van der Waals surface area contributed by atoms with Crippen molar-refractivity contribution in [3.05, 3.63) is 35.4 Å². The highest BCUT2D eigenvalue weighted by atomic mass is 16.2. The van der Waals surface area contributed by atoms with Crippen LogP contribution < -0.4 is 5.32 Å². The molecule has 1 aromatic carbocycles. The fourth-order valence-corrected chi connectivity index (χ4v) is 4.28. The highest BCUT2D eigenvalue weighted by molar-refractivity contribution is 5.83. The molecule has 21 heavy (non-hydrogen) atoms. The maximum Gasteiger partial charge on any atom is 0.226 e. The topological polar surface area (TPSA) is 32.3 Å². The Hall–Kier alpha value is -1.35. The first-order chi connectivity index (χ1) is 10.3. The second kappa shape index (κ2) is 5.13. The van der Waals surface area contributed by atoms with Crippen LogP contribution in [0.2, 0.25) is 0 Å². The molecule has 0 bridgehead atoms. The first-order valence-electron chi connectivity index (χ1n) is 8.35. The van der Waals surface area contributed by atoms with E-state index < -0.39 is 0 Å². The Kier molecular flexibility index (Phi) is 3.26. The maximum absolute atomic E-state index is 12.8. The van der Waals surface area contributed by atoms with Crippen LogP contribution in [0.3, 0.4) is 0 Å². The fourth-order valence-electron chi connectivity index (χ4n) is 4.28. The molecule has 0 radical (unpaired) electrons. The molecule has 1 aliphatic carbocycles. The van der Waals surface area contributed by atoms with E-state index in [2.05, 4.69) is 34.5 Å². The Labute approximate surface area is 126 Å². The number of hydrogen-bond donors (Lipinski definition) is 1. The van der Waals surface area contributed by atoms with E-state index in [0.29, 0.717) is 17.2 Å². The van der Waals surface area contributed by atoms with E-state index in [1.807, 2.05) is 0 Å². The quantitative estimate of drug-likeness (QED) is 0.855. The number of benzene rings is 1. The Morgan fingerprint density at radius 3 is 2.33 bits per heavy atom. The lowest BCUT2D eigenvalue weighted by molar-refractivity contribution is -0.133. The predicted molar refractivity (Wildman–Crippen MR) is 83.1 cm³/mol. The van der Waals surface area contributed by atoms with Crippen molar-refractivity contribution in [3.63, 3.8) is 0 Å².